The minimum absolute atomic E-state index is 0.275. The number of amides is 1. The SMILES string of the molecule is Cc1ccc(-c2ccsc2C(=O)NNS(=O)(=O)c2cccc(F)c2)cc1. The van der Waals surface area contributed by atoms with Gasteiger partial charge in [0.05, 0.1) is 4.90 Å². The van der Waals surface area contributed by atoms with Crippen molar-refractivity contribution < 1.29 is 17.6 Å². The lowest BCUT2D eigenvalue weighted by molar-refractivity contribution is 0.0950. The van der Waals surface area contributed by atoms with E-state index in [-0.39, 0.29) is 4.90 Å². The molecule has 0 radical (unpaired) electrons. The van der Waals surface area contributed by atoms with Crippen LogP contribution in [0, 0.1) is 12.7 Å². The lowest BCUT2D eigenvalue weighted by atomic mass is 10.1. The van der Waals surface area contributed by atoms with Gasteiger partial charge in [0.25, 0.3) is 15.9 Å². The number of sulfonamides is 1. The second kappa shape index (κ2) is 7.36. The second-order valence-corrected chi connectivity index (χ2v) is 8.14. The number of benzene rings is 2. The van der Waals surface area contributed by atoms with Crippen LogP contribution < -0.4 is 10.3 Å². The van der Waals surface area contributed by atoms with Gasteiger partial charge in [-0.3, -0.25) is 10.2 Å². The van der Waals surface area contributed by atoms with E-state index in [4.69, 9.17) is 0 Å². The highest BCUT2D eigenvalue weighted by molar-refractivity contribution is 7.89. The van der Waals surface area contributed by atoms with Crippen LogP contribution in [0.3, 0.4) is 0 Å². The van der Waals surface area contributed by atoms with Crippen LogP contribution in [0.4, 0.5) is 4.39 Å². The molecular formula is C18H15FN2O3S2. The summed E-state index contributed by atoms with van der Waals surface area (Å²) in [4.78, 5) is 14.5. The quantitative estimate of drug-likeness (QED) is 0.655. The van der Waals surface area contributed by atoms with E-state index in [0.717, 1.165) is 23.3 Å². The van der Waals surface area contributed by atoms with E-state index in [1.807, 2.05) is 36.0 Å². The van der Waals surface area contributed by atoms with E-state index in [0.29, 0.717) is 10.4 Å². The van der Waals surface area contributed by atoms with E-state index in [1.165, 1.54) is 23.5 Å². The van der Waals surface area contributed by atoms with Crippen molar-refractivity contribution >= 4 is 27.3 Å². The Labute approximate surface area is 154 Å². The van der Waals surface area contributed by atoms with Crippen molar-refractivity contribution in [3.63, 3.8) is 0 Å². The maximum absolute atomic E-state index is 13.2. The zero-order valence-corrected chi connectivity index (χ0v) is 15.3. The average Bonchev–Trinajstić information content (AvgIpc) is 3.10. The Bertz CT molecular complexity index is 1040. The summed E-state index contributed by atoms with van der Waals surface area (Å²) < 4.78 is 37.5. The molecule has 0 fully saturated rings. The molecule has 0 aliphatic carbocycles. The van der Waals surface area contributed by atoms with Crippen LogP contribution in [-0.4, -0.2) is 14.3 Å². The normalized spacial score (nSPS) is 11.3. The Kier molecular flexibility index (Phi) is 5.17. The molecule has 26 heavy (non-hydrogen) atoms. The molecule has 0 unspecified atom stereocenters. The molecule has 0 aliphatic heterocycles. The van der Waals surface area contributed by atoms with Crippen molar-refractivity contribution in [1.29, 1.82) is 0 Å². The van der Waals surface area contributed by atoms with Gasteiger partial charge in [-0.1, -0.05) is 35.9 Å². The third-order valence-electron chi connectivity index (χ3n) is 3.64. The number of thiophene rings is 1. The van der Waals surface area contributed by atoms with Gasteiger partial charge in [0, 0.05) is 5.56 Å². The Morgan fingerprint density at radius 2 is 1.81 bits per heavy atom. The Balaban J connectivity index is 1.77. The van der Waals surface area contributed by atoms with Crippen LogP contribution in [0.1, 0.15) is 15.2 Å². The first-order valence-corrected chi connectivity index (χ1v) is 9.95. The zero-order chi connectivity index (χ0) is 18.7. The van der Waals surface area contributed by atoms with E-state index in [9.17, 15) is 17.6 Å². The first-order chi connectivity index (χ1) is 12.4. The van der Waals surface area contributed by atoms with Crippen molar-refractivity contribution in [3.05, 3.63) is 76.2 Å². The fraction of sp³-hybridized carbons (Fsp3) is 0.0556. The molecule has 0 saturated heterocycles. The number of hydrogen-bond donors (Lipinski definition) is 2. The molecular weight excluding hydrogens is 375 g/mol. The molecule has 0 aliphatic rings. The van der Waals surface area contributed by atoms with Gasteiger partial charge in [-0.15, -0.1) is 16.2 Å². The molecule has 134 valence electrons. The summed E-state index contributed by atoms with van der Waals surface area (Å²) >= 11 is 1.20. The fourth-order valence-corrected chi connectivity index (χ4v) is 3.99. The summed E-state index contributed by atoms with van der Waals surface area (Å²) in [5.41, 5.74) is 4.83. The van der Waals surface area contributed by atoms with Crippen LogP contribution in [-0.2, 0) is 10.0 Å². The first kappa shape index (κ1) is 18.2. The molecule has 2 N–H and O–H groups in total. The number of hydrazine groups is 1. The summed E-state index contributed by atoms with van der Waals surface area (Å²) in [6.07, 6.45) is 0. The zero-order valence-electron chi connectivity index (χ0n) is 13.7. The summed E-state index contributed by atoms with van der Waals surface area (Å²) in [6, 6.07) is 14.0. The molecule has 0 bridgehead atoms. The van der Waals surface area contributed by atoms with Crippen molar-refractivity contribution in [1.82, 2.24) is 10.3 Å². The van der Waals surface area contributed by atoms with E-state index in [1.54, 1.807) is 11.4 Å². The largest absolute Gasteiger partial charge is 0.276 e. The van der Waals surface area contributed by atoms with Crippen LogP contribution in [0.15, 0.2) is 64.9 Å². The third kappa shape index (κ3) is 3.98. The van der Waals surface area contributed by atoms with Crippen molar-refractivity contribution in [2.45, 2.75) is 11.8 Å². The maximum atomic E-state index is 13.2. The van der Waals surface area contributed by atoms with Crippen LogP contribution in [0.2, 0.25) is 0 Å². The number of carbonyl (C=O) groups excluding carboxylic acids is 1. The molecule has 1 amide bonds. The lowest BCUT2D eigenvalue weighted by Crippen LogP contribution is -2.41. The van der Waals surface area contributed by atoms with Crippen LogP contribution in [0.5, 0.6) is 0 Å². The number of hydrogen-bond acceptors (Lipinski definition) is 4. The van der Waals surface area contributed by atoms with Gasteiger partial charge in [-0.2, -0.15) is 0 Å². The molecule has 1 heterocycles. The van der Waals surface area contributed by atoms with Crippen LogP contribution in [0.25, 0.3) is 11.1 Å². The predicted octanol–water partition coefficient (Wildman–Crippen LogP) is 3.49. The molecule has 0 saturated carbocycles. The van der Waals surface area contributed by atoms with Crippen molar-refractivity contribution in [2.75, 3.05) is 0 Å². The molecule has 8 heteroatoms. The van der Waals surface area contributed by atoms with Gasteiger partial charge in [0.1, 0.15) is 10.7 Å². The number of rotatable bonds is 5. The Morgan fingerprint density at radius 1 is 1.08 bits per heavy atom. The highest BCUT2D eigenvalue weighted by Crippen LogP contribution is 2.28. The Morgan fingerprint density at radius 3 is 2.50 bits per heavy atom. The number of halogens is 1. The fourth-order valence-electron chi connectivity index (χ4n) is 2.31. The summed E-state index contributed by atoms with van der Waals surface area (Å²) in [6.45, 7) is 1.96. The molecule has 0 atom stereocenters. The number of aryl methyl sites for hydroxylation is 1. The maximum Gasteiger partial charge on any atom is 0.276 e. The van der Waals surface area contributed by atoms with Gasteiger partial charge in [-0.05, 0) is 42.1 Å². The topological polar surface area (TPSA) is 75.3 Å². The molecule has 3 rings (SSSR count). The third-order valence-corrected chi connectivity index (χ3v) is 5.80. The highest BCUT2D eigenvalue weighted by atomic mass is 32.2. The van der Waals surface area contributed by atoms with Gasteiger partial charge >= 0.3 is 0 Å². The smallest absolute Gasteiger partial charge is 0.273 e. The lowest BCUT2D eigenvalue weighted by Gasteiger charge is -2.09. The Hall–Kier alpha value is -2.55. The predicted molar refractivity (Wildman–Crippen MR) is 98.7 cm³/mol. The molecule has 3 aromatic rings. The number of carbonyl (C=O) groups is 1. The minimum atomic E-state index is -4.07. The average molecular weight is 390 g/mol. The molecule has 5 nitrogen and oxygen atoms in total. The molecule has 2 aromatic carbocycles. The van der Waals surface area contributed by atoms with Gasteiger partial charge in [0.15, 0.2) is 0 Å². The summed E-state index contributed by atoms with van der Waals surface area (Å²) in [5.74, 6) is -1.27. The van der Waals surface area contributed by atoms with Gasteiger partial charge < -0.3 is 0 Å². The minimum Gasteiger partial charge on any atom is -0.273 e. The molecule has 0 spiro atoms. The van der Waals surface area contributed by atoms with Crippen LogP contribution >= 0.6 is 11.3 Å². The monoisotopic (exact) mass is 390 g/mol. The summed E-state index contributed by atoms with van der Waals surface area (Å²) in [5, 5.41) is 1.76. The van der Waals surface area contributed by atoms with Crippen molar-refractivity contribution in [2.24, 2.45) is 0 Å². The number of nitrogens with one attached hydrogen (secondary N) is 2. The van der Waals surface area contributed by atoms with E-state index in [2.05, 4.69) is 5.43 Å². The first-order valence-electron chi connectivity index (χ1n) is 7.59. The van der Waals surface area contributed by atoms with Gasteiger partial charge in [0.2, 0.25) is 0 Å². The molecule has 1 aromatic heterocycles. The van der Waals surface area contributed by atoms with Crippen molar-refractivity contribution in [3.8, 4) is 11.1 Å². The van der Waals surface area contributed by atoms with E-state index >= 15 is 0 Å². The standard InChI is InChI=1S/C18H15FN2O3S2/c1-12-5-7-13(8-6-12)16-9-10-25-17(16)18(22)20-21-26(23,24)15-4-2-3-14(19)11-15/h2-11,21H,1H3,(H,20,22). The highest BCUT2D eigenvalue weighted by Gasteiger charge is 2.19. The second-order valence-electron chi connectivity index (χ2n) is 5.55. The van der Waals surface area contributed by atoms with E-state index < -0.39 is 21.7 Å². The summed E-state index contributed by atoms with van der Waals surface area (Å²) in [7, 11) is -4.07. The van der Waals surface area contributed by atoms with Gasteiger partial charge in [-0.25, -0.2) is 12.8 Å².